The first kappa shape index (κ1) is 9.67. The molecule has 2 aromatic rings. The summed E-state index contributed by atoms with van der Waals surface area (Å²) in [6, 6.07) is 7.31. The molecule has 0 aliphatic heterocycles. The quantitative estimate of drug-likeness (QED) is 0.777. The second-order valence-corrected chi connectivity index (χ2v) is 3.15. The minimum Gasteiger partial charge on any atom is -0.497 e. The van der Waals surface area contributed by atoms with Gasteiger partial charge in [0.1, 0.15) is 11.4 Å². The van der Waals surface area contributed by atoms with Crippen LogP contribution >= 0.6 is 0 Å². The molecule has 2 rings (SSSR count). The van der Waals surface area contributed by atoms with Crippen molar-refractivity contribution in [3.63, 3.8) is 0 Å². The average molecular weight is 204 g/mol. The molecule has 0 aliphatic rings. The first-order chi connectivity index (χ1) is 7.31. The standard InChI is InChI=1S/C10H12N4O/c1-15-8-4-2-3-7(5-8)10(11)9-6-12-14-13-9/h2-6,10H,11H2,1H3,(H,12,13,14). The lowest BCUT2D eigenvalue weighted by molar-refractivity contribution is 0.414. The summed E-state index contributed by atoms with van der Waals surface area (Å²) >= 11 is 0. The fraction of sp³-hybridized carbons (Fsp3) is 0.200. The van der Waals surface area contributed by atoms with Gasteiger partial charge in [-0.2, -0.15) is 15.4 Å². The van der Waals surface area contributed by atoms with Gasteiger partial charge in [0.15, 0.2) is 0 Å². The second kappa shape index (κ2) is 4.10. The average Bonchev–Trinajstić information content (AvgIpc) is 2.81. The molecule has 3 N–H and O–H groups in total. The van der Waals surface area contributed by atoms with E-state index in [9.17, 15) is 0 Å². The lowest BCUT2D eigenvalue weighted by Crippen LogP contribution is -2.12. The fourth-order valence-electron chi connectivity index (χ4n) is 1.37. The highest BCUT2D eigenvalue weighted by Gasteiger charge is 2.11. The van der Waals surface area contributed by atoms with Crippen LogP contribution in [-0.2, 0) is 0 Å². The lowest BCUT2D eigenvalue weighted by atomic mass is 10.1. The van der Waals surface area contributed by atoms with Crippen LogP contribution in [0.3, 0.4) is 0 Å². The van der Waals surface area contributed by atoms with E-state index in [1.54, 1.807) is 13.3 Å². The van der Waals surface area contributed by atoms with E-state index in [0.29, 0.717) is 5.69 Å². The van der Waals surface area contributed by atoms with E-state index in [1.165, 1.54) is 0 Å². The van der Waals surface area contributed by atoms with Crippen molar-refractivity contribution in [2.45, 2.75) is 6.04 Å². The van der Waals surface area contributed by atoms with Crippen molar-refractivity contribution in [1.82, 2.24) is 15.4 Å². The van der Waals surface area contributed by atoms with Crippen molar-refractivity contribution in [2.24, 2.45) is 5.73 Å². The van der Waals surface area contributed by atoms with Crippen LogP contribution in [0, 0.1) is 0 Å². The number of methoxy groups -OCH3 is 1. The third-order valence-electron chi connectivity index (χ3n) is 2.21. The molecular weight excluding hydrogens is 192 g/mol. The van der Waals surface area contributed by atoms with E-state index in [2.05, 4.69) is 15.4 Å². The number of H-pyrrole nitrogens is 1. The molecule has 0 radical (unpaired) electrons. The molecule has 1 heterocycles. The van der Waals surface area contributed by atoms with Crippen LogP contribution in [-0.4, -0.2) is 22.5 Å². The van der Waals surface area contributed by atoms with Crippen LogP contribution in [0.1, 0.15) is 17.3 Å². The molecule has 5 nitrogen and oxygen atoms in total. The molecule has 1 atom stereocenters. The molecule has 0 bridgehead atoms. The third kappa shape index (κ3) is 1.97. The molecule has 1 aromatic carbocycles. The molecule has 0 aliphatic carbocycles. The first-order valence-corrected chi connectivity index (χ1v) is 4.56. The summed E-state index contributed by atoms with van der Waals surface area (Å²) in [7, 11) is 1.63. The highest BCUT2D eigenvalue weighted by atomic mass is 16.5. The summed E-state index contributed by atoms with van der Waals surface area (Å²) in [5, 5.41) is 10.2. The molecule has 0 saturated heterocycles. The zero-order valence-corrected chi connectivity index (χ0v) is 8.34. The van der Waals surface area contributed by atoms with E-state index in [0.717, 1.165) is 11.3 Å². The molecule has 1 unspecified atom stereocenters. The van der Waals surface area contributed by atoms with Gasteiger partial charge in [0.25, 0.3) is 0 Å². The Morgan fingerprint density at radius 1 is 1.47 bits per heavy atom. The molecule has 0 amide bonds. The van der Waals surface area contributed by atoms with Crippen LogP contribution in [0.4, 0.5) is 0 Å². The van der Waals surface area contributed by atoms with E-state index < -0.39 is 0 Å². The predicted molar refractivity (Wildman–Crippen MR) is 55.4 cm³/mol. The summed E-state index contributed by atoms with van der Waals surface area (Å²) in [5.74, 6) is 0.784. The SMILES string of the molecule is COc1cccc(C(N)c2cn[nH]n2)c1. The van der Waals surface area contributed by atoms with Gasteiger partial charge in [-0.15, -0.1) is 0 Å². The molecule has 15 heavy (non-hydrogen) atoms. The zero-order chi connectivity index (χ0) is 10.7. The maximum absolute atomic E-state index is 6.01. The molecule has 78 valence electrons. The molecule has 0 saturated carbocycles. The topological polar surface area (TPSA) is 76.8 Å². The largest absolute Gasteiger partial charge is 0.497 e. The maximum Gasteiger partial charge on any atom is 0.119 e. The lowest BCUT2D eigenvalue weighted by Gasteiger charge is -2.09. The highest BCUT2D eigenvalue weighted by molar-refractivity contribution is 5.33. The van der Waals surface area contributed by atoms with Gasteiger partial charge in [0, 0.05) is 0 Å². The second-order valence-electron chi connectivity index (χ2n) is 3.15. The molecular formula is C10H12N4O. The van der Waals surface area contributed by atoms with Crippen molar-refractivity contribution in [3.05, 3.63) is 41.7 Å². The Hall–Kier alpha value is -1.88. The van der Waals surface area contributed by atoms with E-state index >= 15 is 0 Å². The van der Waals surface area contributed by atoms with Crippen LogP contribution in [0.5, 0.6) is 5.75 Å². The number of rotatable bonds is 3. The van der Waals surface area contributed by atoms with Crippen LogP contribution in [0.25, 0.3) is 0 Å². The number of nitrogens with zero attached hydrogens (tertiary/aromatic N) is 2. The van der Waals surface area contributed by atoms with Gasteiger partial charge < -0.3 is 10.5 Å². The summed E-state index contributed by atoms with van der Waals surface area (Å²) in [5.41, 5.74) is 7.67. The Morgan fingerprint density at radius 2 is 2.33 bits per heavy atom. The van der Waals surface area contributed by atoms with E-state index in [4.69, 9.17) is 10.5 Å². The van der Waals surface area contributed by atoms with Gasteiger partial charge in [-0.3, -0.25) is 0 Å². The minimum atomic E-state index is -0.279. The summed E-state index contributed by atoms with van der Waals surface area (Å²) < 4.78 is 5.12. The molecule has 0 spiro atoms. The number of aromatic nitrogens is 3. The predicted octanol–water partition coefficient (Wildman–Crippen LogP) is 0.861. The van der Waals surface area contributed by atoms with Crippen LogP contribution < -0.4 is 10.5 Å². The Bertz CT molecular complexity index is 427. The number of nitrogens with two attached hydrogens (primary N) is 1. The van der Waals surface area contributed by atoms with Crippen molar-refractivity contribution in [2.75, 3.05) is 7.11 Å². The summed E-state index contributed by atoms with van der Waals surface area (Å²) in [4.78, 5) is 0. The zero-order valence-electron chi connectivity index (χ0n) is 8.34. The monoisotopic (exact) mass is 204 g/mol. The number of nitrogens with one attached hydrogen (secondary N) is 1. The third-order valence-corrected chi connectivity index (χ3v) is 2.21. The Balaban J connectivity index is 2.29. The van der Waals surface area contributed by atoms with Crippen LogP contribution in [0.15, 0.2) is 30.5 Å². The van der Waals surface area contributed by atoms with Crippen molar-refractivity contribution in [3.8, 4) is 5.75 Å². The molecule has 1 aromatic heterocycles. The normalized spacial score (nSPS) is 12.4. The maximum atomic E-state index is 6.01. The van der Waals surface area contributed by atoms with E-state index in [1.807, 2.05) is 24.3 Å². The smallest absolute Gasteiger partial charge is 0.119 e. The van der Waals surface area contributed by atoms with Gasteiger partial charge in [-0.05, 0) is 17.7 Å². The number of hydrogen-bond donors (Lipinski definition) is 2. The minimum absolute atomic E-state index is 0.279. The number of hydrogen-bond acceptors (Lipinski definition) is 4. The Morgan fingerprint density at radius 3 is 3.00 bits per heavy atom. The Kier molecular flexibility index (Phi) is 2.64. The molecule has 5 heteroatoms. The van der Waals surface area contributed by atoms with Crippen molar-refractivity contribution in [1.29, 1.82) is 0 Å². The van der Waals surface area contributed by atoms with Gasteiger partial charge in [0.05, 0.1) is 19.3 Å². The van der Waals surface area contributed by atoms with Crippen molar-refractivity contribution < 1.29 is 4.74 Å². The first-order valence-electron chi connectivity index (χ1n) is 4.56. The number of aromatic amines is 1. The van der Waals surface area contributed by atoms with Gasteiger partial charge in [-0.25, -0.2) is 0 Å². The number of benzene rings is 1. The van der Waals surface area contributed by atoms with Gasteiger partial charge in [0.2, 0.25) is 0 Å². The van der Waals surface area contributed by atoms with Crippen molar-refractivity contribution >= 4 is 0 Å². The Labute approximate surface area is 87.3 Å². The fourth-order valence-corrected chi connectivity index (χ4v) is 1.37. The molecule has 0 fully saturated rings. The number of ether oxygens (including phenoxy) is 1. The summed E-state index contributed by atoms with van der Waals surface area (Å²) in [6.07, 6.45) is 1.62. The van der Waals surface area contributed by atoms with Gasteiger partial charge >= 0.3 is 0 Å². The summed E-state index contributed by atoms with van der Waals surface area (Å²) in [6.45, 7) is 0. The highest BCUT2D eigenvalue weighted by Crippen LogP contribution is 2.20. The van der Waals surface area contributed by atoms with E-state index in [-0.39, 0.29) is 6.04 Å². The van der Waals surface area contributed by atoms with Crippen LogP contribution in [0.2, 0.25) is 0 Å². The van der Waals surface area contributed by atoms with Gasteiger partial charge in [-0.1, -0.05) is 12.1 Å².